The molecule has 1 unspecified atom stereocenters. The molecular weight excluding hydrogens is 218 g/mol. The second-order valence-corrected chi connectivity index (χ2v) is 5.10. The van der Waals surface area contributed by atoms with Gasteiger partial charge < -0.3 is 10.4 Å². The molecule has 0 bridgehead atoms. The van der Waals surface area contributed by atoms with Crippen LogP contribution in [0.2, 0.25) is 0 Å². The molecule has 1 amide bonds. The second-order valence-electron chi connectivity index (χ2n) is 2.87. The lowest BCUT2D eigenvalue weighted by Crippen LogP contribution is -2.36. The van der Waals surface area contributed by atoms with E-state index in [0.29, 0.717) is 5.75 Å². The van der Waals surface area contributed by atoms with Crippen LogP contribution in [0.1, 0.15) is 6.92 Å². The van der Waals surface area contributed by atoms with Crippen LogP contribution in [0, 0.1) is 0 Å². The molecule has 1 atom stereocenters. The largest absolute Gasteiger partial charge is 0.394 e. The van der Waals surface area contributed by atoms with Gasteiger partial charge in [0.15, 0.2) is 0 Å². The Kier molecular flexibility index (Phi) is 5.00. The summed E-state index contributed by atoms with van der Waals surface area (Å²) < 4.78 is 1.14. The Balaban J connectivity index is 2.22. The Morgan fingerprint density at radius 2 is 2.57 bits per heavy atom. The van der Waals surface area contributed by atoms with Crippen molar-refractivity contribution in [2.45, 2.75) is 17.2 Å². The summed E-state index contributed by atoms with van der Waals surface area (Å²) in [5.74, 6) is 0.371. The maximum absolute atomic E-state index is 11.3. The molecule has 0 spiro atoms. The summed E-state index contributed by atoms with van der Waals surface area (Å²) in [6.07, 6.45) is 0. The number of aliphatic hydroxyl groups is 1. The van der Waals surface area contributed by atoms with Crippen molar-refractivity contribution in [3.63, 3.8) is 0 Å². The molecule has 0 aliphatic carbocycles. The Morgan fingerprint density at radius 3 is 3.14 bits per heavy atom. The Morgan fingerprint density at radius 1 is 1.79 bits per heavy atom. The zero-order valence-electron chi connectivity index (χ0n) is 7.90. The van der Waals surface area contributed by atoms with E-state index >= 15 is 0 Å². The van der Waals surface area contributed by atoms with Crippen LogP contribution < -0.4 is 5.32 Å². The van der Waals surface area contributed by atoms with E-state index in [-0.39, 0.29) is 18.6 Å². The lowest BCUT2D eigenvalue weighted by atomic mass is 10.4. The van der Waals surface area contributed by atoms with Crippen LogP contribution in [0.15, 0.2) is 21.7 Å². The van der Waals surface area contributed by atoms with E-state index in [1.54, 1.807) is 18.3 Å². The average molecular weight is 231 g/mol. The van der Waals surface area contributed by atoms with E-state index in [1.807, 2.05) is 17.5 Å². The number of nitrogens with one attached hydrogen (secondary N) is 1. The third-order valence-electron chi connectivity index (χ3n) is 1.52. The third-order valence-corrected chi connectivity index (χ3v) is 3.65. The number of hydrogen-bond donors (Lipinski definition) is 2. The summed E-state index contributed by atoms with van der Waals surface area (Å²) in [5, 5.41) is 13.4. The lowest BCUT2D eigenvalue weighted by Gasteiger charge is -2.09. The van der Waals surface area contributed by atoms with Crippen molar-refractivity contribution in [3.05, 3.63) is 17.5 Å². The maximum Gasteiger partial charge on any atom is 0.230 e. The van der Waals surface area contributed by atoms with E-state index in [2.05, 4.69) is 5.32 Å². The Labute approximate surface area is 91.5 Å². The second kappa shape index (κ2) is 6.06. The summed E-state index contributed by atoms with van der Waals surface area (Å²) >= 11 is 3.14. The number of amides is 1. The highest BCUT2D eigenvalue weighted by atomic mass is 32.2. The van der Waals surface area contributed by atoms with Crippen molar-refractivity contribution in [1.82, 2.24) is 5.32 Å². The van der Waals surface area contributed by atoms with E-state index in [4.69, 9.17) is 5.11 Å². The molecule has 14 heavy (non-hydrogen) atoms. The van der Waals surface area contributed by atoms with Gasteiger partial charge >= 0.3 is 0 Å². The number of hydrogen-bond acceptors (Lipinski definition) is 4. The molecule has 0 aliphatic heterocycles. The molecule has 0 aliphatic rings. The van der Waals surface area contributed by atoms with Crippen LogP contribution in [0.4, 0.5) is 0 Å². The standard InChI is InChI=1S/C9H13NO2S2/c1-7(5-11)10-8(12)6-14-9-3-2-4-13-9/h2-4,7,11H,5-6H2,1H3,(H,10,12). The van der Waals surface area contributed by atoms with Crippen molar-refractivity contribution < 1.29 is 9.90 Å². The molecule has 1 aromatic rings. The summed E-state index contributed by atoms with van der Waals surface area (Å²) in [6.45, 7) is 1.75. The van der Waals surface area contributed by atoms with E-state index in [1.165, 1.54) is 11.8 Å². The van der Waals surface area contributed by atoms with Crippen LogP contribution in [0.3, 0.4) is 0 Å². The molecule has 2 N–H and O–H groups in total. The maximum atomic E-state index is 11.3. The first-order valence-electron chi connectivity index (χ1n) is 4.29. The number of carbonyl (C=O) groups excluding carboxylic acids is 1. The highest BCUT2D eigenvalue weighted by Gasteiger charge is 2.06. The summed E-state index contributed by atoms with van der Waals surface area (Å²) in [5.41, 5.74) is 0. The number of thiophene rings is 1. The monoisotopic (exact) mass is 231 g/mol. The SMILES string of the molecule is CC(CO)NC(=O)CSc1cccs1. The molecule has 78 valence electrons. The lowest BCUT2D eigenvalue weighted by molar-refractivity contribution is -0.119. The highest BCUT2D eigenvalue weighted by molar-refractivity contribution is 8.01. The molecular formula is C9H13NO2S2. The van der Waals surface area contributed by atoms with Gasteiger partial charge in [-0.15, -0.1) is 23.1 Å². The third kappa shape index (κ3) is 4.13. The van der Waals surface area contributed by atoms with Crippen molar-refractivity contribution in [2.24, 2.45) is 0 Å². The van der Waals surface area contributed by atoms with Gasteiger partial charge in [0.1, 0.15) is 0 Å². The minimum Gasteiger partial charge on any atom is -0.394 e. The number of rotatable bonds is 5. The fourth-order valence-electron chi connectivity index (χ4n) is 0.844. The van der Waals surface area contributed by atoms with Crippen molar-refractivity contribution >= 4 is 29.0 Å². The van der Waals surface area contributed by atoms with Crippen LogP contribution in [-0.4, -0.2) is 29.4 Å². The molecule has 1 rings (SSSR count). The molecule has 1 heterocycles. The van der Waals surface area contributed by atoms with E-state index in [0.717, 1.165) is 4.21 Å². The molecule has 0 saturated carbocycles. The van der Waals surface area contributed by atoms with Gasteiger partial charge in [-0.2, -0.15) is 0 Å². The predicted octanol–water partition coefficient (Wildman–Crippen LogP) is 1.34. The van der Waals surface area contributed by atoms with Gasteiger partial charge in [-0.25, -0.2) is 0 Å². The topological polar surface area (TPSA) is 49.3 Å². The highest BCUT2D eigenvalue weighted by Crippen LogP contribution is 2.22. The van der Waals surface area contributed by atoms with Gasteiger partial charge in [0.2, 0.25) is 5.91 Å². The number of aliphatic hydroxyl groups excluding tert-OH is 1. The van der Waals surface area contributed by atoms with Crippen molar-refractivity contribution in [2.75, 3.05) is 12.4 Å². The van der Waals surface area contributed by atoms with Gasteiger partial charge in [0.25, 0.3) is 0 Å². The van der Waals surface area contributed by atoms with Crippen LogP contribution in [0.5, 0.6) is 0 Å². The van der Waals surface area contributed by atoms with Crippen LogP contribution >= 0.6 is 23.1 Å². The van der Waals surface area contributed by atoms with Crippen LogP contribution in [-0.2, 0) is 4.79 Å². The molecule has 0 saturated heterocycles. The average Bonchev–Trinajstić information content (AvgIpc) is 2.67. The zero-order valence-corrected chi connectivity index (χ0v) is 9.53. The van der Waals surface area contributed by atoms with Crippen molar-refractivity contribution in [3.8, 4) is 0 Å². The molecule has 0 radical (unpaired) electrons. The normalized spacial score (nSPS) is 12.4. The first-order chi connectivity index (χ1) is 6.72. The summed E-state index contributed by atoms with van der Waals surface area (Å²) in [7, 11) is 0. The van der Waals surface area contributed by atoms with E-state index in [9.17, 15) is 4.79 Å². The first kappa shape index (κ1) is 11.6. The smallest absolute Gasteiger partial charge is 0.230 e. The predicted molar refractivity (Wildman–Crippen MR) is 59.7 cm³/mol. The van der Waals surface area contributed by atoms with Gasteiger partial charge in [0, 0.05) is 6.04 Å². The first-order valence-corrected chi connectivity index (χ1v) is 6.15. The molecule has 0 fully saturated rings. The number of thioether (sulfide) groups is 1. The molecule has 0 aromatic carbocycles. The number of carbonyl (C=O) groups is 1. The summed E-state index contributed by atoms with van der Waals surface area (Å²) in [6, 6.07) is 3.78. The van der Waals surface area contributed by atoms with Crippen LogP contribution in [0.25, 0.3) is 0 Å². The fourth-order valence-corrected chi connectivity index (χ4v) is 2.44. The fraction of sp³-hybridized carbons (Fsp3) is 0.444. The Bertz CT molecular complexity index is 274. The van der Waals surface area contributed by atoms with Gasteiger partial charge in [-0.3, -0.25) is 4.79 Å². The van der Waals surface area contributed by atoms with Gasteiger partial charge in [0.05, 0.1) is 16.6 Å². The van der Waals surface area contributed by atoms with E-state index < -0.39 is 0 Å². The zero-order chi connectivity index (χ0) is 10.4. The minimum absolute atomic E-state index is 0.0184. The molecule has 3 nitrogen and oxygen atoms in total. The molecule has 5 heteroatoms. The summed E-state index contributed by atoms with van der Waals surface area (Å²) in [4.78, 5) is 11.3. The Hall–Kier alpha value is -0.520. The molecule has 1 aromatic heterocycles. The van der Waals surface area contributed by atoms with Crippen molar-refractivity contribution in [1.29, 1.82) is 0 Å². The quantitative estimate of drug-likeness (QED) is 0.752. The van der Waals surface area contributed by atoms with Gasteiger partial charge in [-0.05, 0) is 18.4 Å². The minimum atomic E-state index is -0.161. The van der Waals surface area contributed by atoms with Gasteiger partial charge in [-0.1, -0.05) is 6.07 Å².